The predicted octanol–water partition coefficient (Wildman–Crippen LogP) is 1.37. The highest BCUT2D eigenvalue weighted by Gasteiger charge is 2.29. The zero-order valence-electron chi connectivity index (χ0n) is 12.3. The van der Waals surface area contributed by atoms with Gasteiger partial charge in [-0.05, 0) is 12.0 Å². The molecule has 23 heavy (non-hydrogen) atoms. The van der Waals surface area contributed by atoms with Crippen LogP contribution in [0.2, 0.25) is 0 Å². The molecular weight excluding hydrogens is 318 g/mol. The number of carbonyl (C=O) groups excluding carboxylic acids is 1. The van der Waals surface area contributed by atoms with Gasteiger partial charge in [-0.2, -0.15) is 0 Å². The molecular formula is C15H15N3O4S. The molecule has 0 atom stereocenters. The van der Waals surface area contributed by atoms with Gasteiger partial charge in [0.25, 0.3) is 5.91 Å². The molecule has 2 aliphatic heterocycles. The minimum absolute atomic E-state index is 0.0541. The lowest BCUT2D eigenvalue weighted by Gasteiger charge is -2.28. The summed E-state index contributed by atoms with van der Waals surface area (Å²) in [6, 6.07) is 0. The molecule has 4 rings (SSSR count). The Kier molecular flexibility index (Phi) is 3.42. The number of nitrogens with zero attached hydrogens (tertiary/aromatic N) is 3. The summed E-state index contributed by atoms with van der Waals surface area (Å²) in [6.07, 6.45) is 2.19. The number of aromatic carboxylic acids is 1. The number of amides is 1. The molecule has 2 aromatic heterocycles. The maximum absolute atomic E-state index is 12.8. The molecule has 0 bridgehead atoms. The molecule has 7 nitrogen and oxygen atoms in total. The summed E-state index contributed by atoms with van der Waals surface area (Å²) in [7, 11) is 0. The lowest BCUT2D eigenvalue weighted by Crippen LogP contribution is -2.37. The maximum Gasteiger partial charge on any atom is 0.336 e. The number of fused-ring (bicyclic) bond motifs is 2. The average molecular weight is 333 g/mol. The van der Waals surface area contributed by atoms with Crippen LogP contribution in [-0.2, 0) is 30.9 Å². The fourth-order valence-electron chi connectivity index (χ4n) is 3.11. The third kappa shape index (κ3) is 2.34. The Labute approximate surface area is 136 Å². The maximum atomic E-state index is 12.8. The summed E-state index contributed by atoms with van der Waals surface area (Å²) in [5.41, 5.74) is 1.83. The van der Waals surface area contributed by atoms with Crippen molar-refractivity contribution < 1.29 is 19.4 Å². The number of carbonyl (C=O) groups is 2. The normalized spacial score (nSPS) is 16.8. The van der Waals surface area contributed by atoms with E-state index in [1.165, 1.54) is 11.3 Å². The van der Waals surface area contributed by atoms with E-state index >= 15 is 0 Å². The Balaban J connectivity index is 1.59. The lowest BCUT2D eigenvalue weighted by molar-refractivity contribution is 0.0674. The van der Waals surface area contributed by atoms with E-state index in [1.54, 1.807) is 16.5 Å². The van der Waals surface area contributed by atoms with Crippen molar-refractivity contribution in [2.45, 2.75) is 26.1 Å². The first kappa shape index (κ1) is 14.4. The molecule has 1 N–H and O–H groups in total. The third-order valence-corrected chi connectivity index (χ3v) is 5.33. The van der Waals surface area contributed by atoms with Gasteiger partial charge >= 0.3 is 5.97 Å². The Bertz CT molecular complexity index is 795. The fraction of sp³-hybridized carbons (Fsp3) is 0.400. The van der Waals surface area contributed by atoms with Crippen molar-refractivity contribution in [1.29, 1.82) is 0 Å². The molecule has 0 saturated carbocycles. The number of hydrogen-bond acceptors (Lipinski definition) is 5. The second kappa shape index (κ2) is 5.47. The highest BCUT2D eigenvalue weighted by molar-refractivity contribution is 7.10. The van der Waals surface area contributed by atoms with Gasteiger partial charge in [-0.1, -0.05) is 0 Å². The average Bonchev–Trinajstić information content (AvgIpc) is 3.17. The van der Waals surface area contributed by atoms with E-state index in [-0.39, 0.29) is 5.91 Å². The molecule has 0 aromatic carbocycles. The van der Waals surface area contributed by atoms with Crippen LogP contribution in [0.25, 0.3) is 0 Å². The van der Waals surface area contributed by atoms with Crippen LogP contribution >= 0.6 is 11.3 Å². The van der Waals surface area contributed by atoms with Crippen LogP contribution in [0.4, 0.5) is 0 Å². The molecule has 8 heteroatoms. The van der Waals surface area contributed by atoms with Crippen molar-refractivity contribution in [3.8, 4) is 0 Å². The van der Waals surface area contributed by atoms with Gasteiger partial charge in [0.05, 0.1) is 24.9 Å². The zero-order valence-corrected chi connectivity index (χ0v) is 13.1. The Hall–Kier alpha value is -2.19. The lowest BCUT2D eigenvalue weighted by atomic mass is 10.0. The number of rotatable bonds is 2. The second-order valence-electron chi connectivity index (χ2n) is 5.60. The van der Waals surface area contributed by atoms with E-state index in [0.717, 1.165) is 16.3 Å². The first-order valence-corrected chi connectivity index (χ1v) is 8.27. The van der Waals surface area contributed by atoms with Gasteiger partial charge in [0.1, 0.15) is 18.1 Å². The largest absolute Gasteiger partial charge is 0.478 e. The topological polar surface area (TPSA) is 84.7 Å². The molecule has 2 aromatic rings. The highest BCUT2D eigenvalue weighted by atomic mass is 32.1. The van der Waals surface area contributed by atoms with Crippen LogP contribution in [0, 0.1) is 0 Å². The van der Waals surface area contributed by atoms with Crippen LogP contribution in [0.3, 0.4) is 0 Å². The smallest absolute Gasteiger partial charge is 0.336 e. The molecule has 2 aliphatic rings. The van der Waals surface area contributed by atoms with Crippen molar-refractivity contribution in [3.05, 3.63) is 39.1 Å². The summed E-state index contributed by atoms with van der Waals surface area (Å²) < 4.78 is 7.26. The quantitative estimate of drug-likeness (QED) is 0.897. The molecule has 4 heterocycles. The summed E-state index contributed by atoms with van der Waals surface area (Å²) in [4.78, 5) is 31.0. The van der Waals surface area contributed by atoms with Gasteiger partial charge < -0.3 is 19.3 Å². The van der Waals surface area contributed by atoms with Crippen molar-refractivity contribution in [1.82, 2.24) is 14.5 Å². The van der Waals surface area contributed by atoms with Gasteiger partial charge in [0.15, 0.2) is 0 Å². The summed E-state index contributed by atoms with van der Waals surface area (Å²) in [6.45, 7) is 2.64. The molecule has 120 valence electrons. The van der Waals surface area contributed by atoms with Gasteiger partial charge in [-0.3, -0.25) is 4.79 Å². The van der Waals surface area contributed by atoms with Crippen molar-refractivity contribution in [3.63, 3.8) is 0 Å². The number of ether oxygens (including phenoxy) is 1. The molecule has 0 unspecified atom stereocenters. The molecule has 0 spiro atoms. The van der Waals surface area contributed by atoms with E-state index in [2.05, 4.69) is 4.98 Å². The van der Waals surface area contributed by atoms with E-state index in [4.69, 9.17) is 4.74 Å². The molecule has 0 radical (unpaired) electrons. The van der Waals surface area contributed by atoms with E-state index in [1.807, 2.05) is 4.57 Å². The fourth-order valence-corrected chi connectivity index (χ4v) is 4.20. The van der Waals surface area contributed by atoms with Crippen LogP contribution in [0.15, 0.2) is 11.6 Å². The number of thiophene rings is 1. The van der Waals surface area contributed by atoms with Gasteiger partial charge in [-0.25, -0.2) is 9.78 Å². The Morgan fingerprint density at radius 1 is 1.35 bits per heavy atom. The van der Waals surface area contributed by atoms with Crippen molar-refractivity contribution >= 4 is 23.2 Å². The SMILES string of the molecule is O=C(O)c1csc2c1CCN(C(=O)c1cnc3n1CCOC3)C2. The Morgan fingerprint density at radius 3 is 3.04 bits per heavy atom. The Morgan fingerprint density at radius 2 is 2.22 bits per heavy atom. The molecule has 0 aliphatic carbocycles. The van der Waals surface area contributed by atoms with Crippen molar-refractivity contribution in [2.24, 2.45) is 0 Å². The second-order valence-corrected chi connectivity index (χ2v) is 6.56. The van der Waals surface area contributed by atoms with Crippen LogP contribution < -0.4 is 0 Å². The predicted molar refractivity (Wildman–Crippen MR) is 81.6 cm³/mol. The van der Waals surface area contributed by atoms with Crippen LogP contribution in [-0.4, -0.2) is 44.6 Å². The molecule has 0 fully saturated rings. The minimum Gasteiger partial charge on any atom is -0.478 e. The van der Waals surface area contributed by atoms with Crippen LogP contribution in [0.1, 0.15) is 37.1 Å². The monoisotopic (exact) mass is 333 g/mol. The number of carboxylic acids is 1. The van der Waals surface area contributed by atoms with Gasteiger partial charge in [0.2, 0.25) is 0 Å². The summed E-state index contributed by atoms with van der Waals surface area (Å²) in [5, 5.41) is 10.9. The van der Waals surface area contributed by atoms with Crippen molar-refractivity contribution in [2.75, 3.05) is 13.2 Å². The number of hydrogen-bond donors (Lipinski definition) is 1. The van der Waals surface area contributed by atoms with E-state index < -0.39 is 5.97 Å². The first-order chi connectivity index (χ1) is 11.1. The standard InChI is InChI=1S/C15H15N3O4S/c19-14(11-5-16-13-7-22-4-3-18(11)13)17-2-1-9-10(15(20)21)8-23-12(9)6-17/h5,8H,1-4,6-7H2,(H,20,21). The van der Waals surface area contributed by atoms with Gasteiger partial charge in [0, 0.05) is 23.3 Å². The number of carboxylic acid groups (broad SMARTS) is 1. The third-order valence-electron chi connectivity index (χ3n) is 4.31. The molecule has 1 amide bonds. The summed E-state index contributed by atoms with van der Waals surface area (Å²) >= 11 is 1.41. The first-order valence-electron chi connectivity index (χ1n) is 7.39. The molecule has 0 saturated heterocycles. The van der Waals surface area contributed by atoms with E-state index in [0.29, 0.717) is 50.5 Å². The zero-order chi connectivity index (χ0) is 16.0. The van der Waals surface area contributed by atoms with Gasteiger partial charge in [-0.15, -0.1) is 11.3 Å². The van der Waals surface area contributed by atoms with Crippen LogP contribution in [0.5, 0.6) is 0 Å². The number of imidazole rings is 1. The number of aromatic nitrogens is 2. The minimum atomic E-state index is -0.896. The highest BCUT2D eigenvalue weighted by Crippen LogP contribution is 2.29. The van der Waals surface area contributed by atoms with E-state index in [9.17, 15) is 14.7 Å². The summed E-state index contributed by atoms with van der Waals surface area (Å²) in [5.74, 6) is -0.171.